The molecule has 2 unspecified atom stereocenters. The van der Waals surface area contributed by atoms with Gasteiger partial charge in [0.1, 0.15) is 0 Å². The zero-order valence-electron chi connectivity index (χ0n) is 12.8. The first-order valence-electron chi connectivity index (χ1n) is 7.21. The van der Waals surface area contributed by atoms with Crippen molar-refractivity contribution in [3.8, 4) is 6.07 Å². The van der Waals surface area contributed by atoms with E-state index in [1.165, 1.54) is 11.1 Å². The van der Waals surface area contributed by atoms with Crippen LogP contribution in [0.15, 0.2) is 54.6 Å². The number of halogens is 1. The molecule has 2 aromatic carbocycles. The monoisotopic (exact) mass is 405 g/mol. The van der Waals surface area contributed by atoms with E-state index in [0.717, 1.165) is 12.0 Å². The van der Waals surface area contributed by atoms with Gasteiger partial charge in [-0.3, -0.25) is 0 Å². The second-order valence-electron chi connectivity index (χ2n) is 5.56. The minimum atomic E-state index is 0. The summed E-state index contributed by atoms with van der Waals surface area (Å²) >= 11 is 0. The fourth-order valence-corrected chi connectivity index (χ4v) is 3.15. The van der Waals surface area contributed by atoms with E-state index in [2.05, 4.69) is 66.6 Å². The summed E-state index contributed by atoms with van der Waals surface area (Å²) in [6.45, 7) is 0. The van der Waals surface area contributed by atoms with Gasteiger partial charge in [0.25, 0.3) is 0 Å². The van der Waals surface area contributed by atoms with Gasteiger partial charge in [0.2, 0.25) is 0 Å². The average Bonchev–Trinajstić information content (AvgIpc) is 2.84. The van der Waals surface area contributed by atoms with Crippen molar-refractivity contribution < 1.29 is 0 Å². The summed E-state index contributed by atoms with van der Waals surface area (Å²) in [5, 5.41) is 13.6. The fourth-order valence-electron chi connectivity index (χ4n) is 3.15. The third kappa shape index (κ3) is 3.17. The quantitative estimate of drug-likeness (QED) is 0.704. The summed E-state index contributed by atoms with van der Waals surface area (Å²) in [5.74, 6) is 0. The second-order valence-corrected chi connectivity index (χ2v) is 5.56. The molecule has 22 heavy (non-hydrogen) atoms. The first kappa shape index (κ1) is 16.9. The summed E-state index contributed by atoms with van der Waals surface area (Å²) in [7, 11) is 4.25. The zero-order chi connectivity index (χ0) is 14.8. The SMILES string of the molecule is CN1C(c2ccccc2)CC(c2cccc(C#N)c2)N1C.I. The predicted molar refractivity (Wildman–Crippen MR) is 98.6 cm³/mol. The Hall–Kier alpha value is -1.42. The summed E-state index contributed by atoms with van der Waals surface area (Å²) in [6, 6.07) is 21.5. The van der Waals surface area contributed by atoms with Gasteiger partial charge in [-0.25, -0.2) is 10.0 Å². The van der Waals surface area contributed by atoms with Crippen LogP contribution in [-0.2, 0) is 0 Å². The van der Waals surface area contributed by atoms with Crippen LogP contribution < -0.4 is 0 Å². The van der Waals surface area contributed by atoms with Crippen LogP contribution in [0.4, 0.5) is 0 Å². The van der Waals surface area contributed by atoms with E-state index in [-0.39, 0.29) is 24.0 Å². The molecular weight excluding hydrogens is 385 g/mol. The van der Waals surface area contributed by atoms with E-state index in [1.807, 2.05) is 18.2 Å². The van der Waals surface area contributed by atoms with E-state index >= 15 is 0 Å². The highest BCUT2D eigenvalue weighted by atomic mass is 127. The van der Waals surface area contributed by atoms with Gasteiger partial charge in [-0.15, -0.1) is 24.0 Å². The third-order valence-corrected chi connectivity index (χ3v) is 4.43. The normalized spacial score (nSPS) is 22.0. The number of benzene rings is 2. The Labute approximate surface area is 149 Å². The van der Waals surface area contributed by atoms with Gasteiger partial charge in [-0.1, -0.05) is 42.5 Å². The Kier molecular flexibility index (Phi) is 5.57. The lowest BCUT2D eigenvalue weighted by Crippen LogP contribution is -2.32. The van der Waals surface area contributed by atoms with Gasteiger partial charge in [0.15, 0.2) is 0 Å². The van der Waals surface area contributed by atoms with Crippen LogP contribution in [0.25, 0.3) is 0 Å². The average molecular weight is 405 g/mol. The summed E-state index contributed by atoms with van der Waals surface area (Å²) in [4.78, 5) is 0. The Morgan fingerprint density at radius 3 is 2.14 bits per heavy atom. The molecule has 2 aromatic rings. The fraction of sp³-hybridized carbons (Fsp3) is 0.278. The molecule has 0 saturated carbocycles. The van der Waals surface area contributed by atoms with Gasteiger partial charge in [0, 0.05) is 14.1 Å². The van der Waals surface area contributed by atoms with Crippen LogP contribution in [-0.4, -0.2) is 24.1 Å². The summed E-state index contributed by atoms with van der Waals surface area (Å²) < 4.78 is 0. The third-order valence-electron chi connectivity index (χ3n) is 4.43. The van der Waals surface area contributed by atoms with Crippen molar-refractivity contribution in [1.29, 1.82) is 5.26 Å². The second kappa shape index (κ2) is 7.23. The van der Waals surface area contributed by atoms with Crippen LogP contribution in [0.5, 0.6) is 0 Å². The Morgan fingerprint density at radius 1 is 0.909 bits per heavy atom. The molecule has 1 fully saturated rings. The van der Waals surface area contributed by atoms with Crippen LogP contribution >= 0.6 is 24.0 Å². The van der Waals surface area contributed by atoms with E-state index < -0.39 is 0 Å². The Bertz CT molecular complexity index is 666. The molecule has 0 aliphatic carbocycles. The molecule has 0 N–H and O–H groups in total. The maximum atomic E-state index is 9.08. The number of nitriles is 1. The lowest BCUT2D eigenvalue weighted by Gasteiger charge is -2.28. The molecule has 1 saturated heterocycles. The molecule has 3 nitrogen and oxygen atoms in total. The molecule has 114 valence electrons. The maximum absolute atomic E-state index is 9.08. The predicted octanol–water partition coefficient (Wildman–Crippen LogP) is 4.14. The van der Waals surface area contributed by atoms with Crippen LogP contribution in [0.3, 0.4) is 0 Å². The van der Waals surface area contributed by atoms with Crippen LogP contribution in [0, 0.1) is 11.3 Å². The molecule has 0 bridgehead atoms. The molecule has 4 heteroatoms. The van der Waals surface area contributed by atoms with E-state index in [4.69, 9.17) is 5.26 Å². The zero-order valence-corrected chi connectivity index (χ0v) is 15.1. The Balaban J connectivity index is 0.00000176. The van der Waals surface area contributed by atoms with Crippen molar-refractivity contribution in [3.05, 3.63) is 71.3 Å². The molecule has 1 heterocycles. The number of nitrogens with zero attached hydrogens (tertiary/aromatic N) is 3. The minimum Gasteiger partial charge on any atom is -0.237 e. The van der Waals surface area contributed by atoms with Gasteiger partial charge >= 0.3 is 0 Å². The number of hydrogen-bond acceptors (Lipinski definition) is 3. The minimum absolute atomic E-state index is 0. The smallest absolute Gasteiger partial charge is 0.0991 e. The van der Waals surface area contributed by atoms with Crippen molar-refractivity contribution in [2.45, 2.75) is 18.5 Å². The van der Waals surface area contributed by atoms with Crippen molar-refractivity contribution in [1.82, 2.24) is 10.0 Å². The molecule has 0 radical (unpaired) electrons. The lowest BCUT2D eigenvalue weighted by molar-refractivity contribution is 0.0252. The molecule has 0 amide bonds. The standard InChI is InChI=1S/C18H19N3.HI/c1-20-17(15-8-4-3-5-9-15)12-18(21(20)2)16-10-6-7-14(11-16)13-19;/h3-11,17-18H,12H2,1-2H3;1H. The number of rotatable bonds is 2. The highest BCUT2D eigenvalue weighted by Crippen LogP contribution is 2.41. The van der Waals surface area contributed by atoms with Crippen molar-refractivity contribution in [2.75, 3.05) is 14.1 Å². The molecule has 3 rings (SSSR count). The molecule has 2 atom stereocenters. The lowest BCUT2D eigenvalue weighted by atomic mass is 9.96. The van der Waals surface area contributed by atoms with Gasteiger partial charge < -0.3 is 0 Å². The van der Waals surface area contributed by atoms with E-state index in [0.29, 0.717) is 12.1 Å². The topological polar surface area (TPSA) is 30.3 Å². The maximum Gasteiger partial charge on any atom is 0.0991 e. The largest absolute Gasteiger partial charge is 0.237 e. The molecule has 0 aromatic heterocycles. The van der Waals surface area contributed by atoms with Gasteiger partial charge in [-0.05, 0) is 29.7 Å². The van der Waals surface area contributed by atoms with Gasteiger partial charge in [-0.2, -0.15) is 5.26 Å². The van der Waals surface area contributed by atoms with Crippen molar-refractivity contribution in [3.63, 3.8) is 0 Å². The molecule has 1 aliphatic rings. The van der Waals surface area contributed by atoms with Crippen LogP contribution in [0.2, 0.25) is 0 Å². The molecule has 0 spiro atoms. The Morgan fingerprint density at radius 2 is 1.50 bits per heavy atom. The van der Waals surface area contributed by atoms with E-state index in [9.17, 15) is 0 Å². The van der Waals surface area contributed by atoms with Crippen LogP contribution in [0.1, 0.15) is 35.2 Å². The first-order valence-corrected chi connectivity index (χ1v) is 7.21. The number of hydrogen-bond donors (Lipinski definition) is 0. The van der Waals surface area contributed by atoms with Crippen molar-refractivity contribution >= 4 is 24.0 Å². The highest BCUT2D eigenvalue weighted by molar-refractivity contribution is 14.0. The summed E-state index contributed by atoms with van der Waals surface area (Å²) in [5.41, 5.74) is 3.28. The number of hydrazine groups is 1. The molecular formula is C18H20IN3. The summed E-state index contributed by atoms with van der Waals surface area (Å²) in [6.07, 6.45) is 1.03. The van der Waals surface area contributed by atoms with Crippen molar-refractivity contribution in [2.24, 2.45) is 0 Å². The highest BCUT2D eigenvalue weighted by Gasteiger charge is 2.36. The first-order chi connectivity index (χ1) is 10.2. The molecule has 1 aliphatic heterocycles. The van der Waals surface area contributed by atoms with E-state index in [1.54, 1.807) is 0 Å². The van der Waals surface area contributed by atoms with Gasteiger partial charge in [0.05, 0.1) is 23.7 Å².